The van der Waals surface area contributed by atoms with Gasteiger partial charge in [-0.3, -0.25) is 0 Å². The number of pyridine rings is 1. The first-order valence-electron chi connectivity index (χ1n) is 3.79. The Kier molecular flexibility index (Phi) is 2.39. The largest absolute Gasteiger partial charge is 0.334 e. The van der Waals surface area contributed by atoms with Crippen LogP contribution in [0.5, 0.6) is 0 Å². The molecular weight excluding hydrogens is 225 g/mol. The first-order valence-corrected chi connectivity index (χ1v) is 4.54. The van der Waals surface area contributed by atoms with E-state index in [9.17, 15) is 0 Å². The van der Waals surface area contributed by atoms with E-state index in [4.69, 9.17) is 27.7 Å². The number of rotatable bonds is 1. The van der Waals surface area contributed by atoms with Gasteiger partial charge in [0.15, 0.2) is 5.82 Å². The summed E-state index contributed by atoms with van der Waals surface area (Å²) < 4.78 is 4.95. The predicted molar refractivity (Wildman–Crippen MR) is 52.3 cm³/mol. The summed E-state index contributed by atoms with van der Waals surface area (Å²) in [5, 5.41) is 4.25. The van der Waals surface area contributed by atoms with Crippen LogP contribution >= 0.6 is 23.2 Å². The maximum atomic E-state index is 5.72. The Labute approximate surface area is 89.9 Å². The minimum atomic E-state index is 0.295. The topological polar surface area (TPSA) is 51.8 Å². The van der Waals surface area contributed by atoms with Crippen LogP contribution in [0.1, 0.15) is 5.82 Å². The molecule has 6 heteroatoms. The summed E-state index contributed by atoms with van der Waals surface area (Å²) in [4.78, 5) is 7.85. The van der Waals surface area contributed by atoms with Gasteiger partial charge in [-0.2, -0.15) is 4.98 Å². The second kappa shape index (κ2) is 3.55. The standard InChI is InChI=1S/C8H5Cl2N3O/c1-4-11-8(14-13-4)5-2-6(9)12-7(10)3-5/h2-3H,1H3. The highest BCUT2D eigenvalue weighted by molar-refractivity contribution is 6.32. The number of aromatic nitrogens is 3. The molecule has 0 fully saturated rings. The SMILES string of the molecule is Cc1noc(-c2cc(Cl)nc(Cl)c2)n1. The molecule has 0 saturated carbocycles. The molecule has 2 heterocycles. The van der Waals surface area contributed by atoms with E-state index in [0.29, 0.717) is 27.6 Å². The fraction of sp³-hybridized carbons (Fsp3) is 0.125. The van der Waals surface area contributed by atoms with Crippen LogP contribution in [0.4, 0.5) is 0 Å². The van der Waals surface area contributed by atoms with Gasteiger partial charge in [0.2, 0.25) is 0 Å². The Morgan fingerprint density at radius 2 is 1.79 bits per heavy atom. The smallest absolute Gasteiger partial charge is 0.258 e. The third kappa shape index (κ3) is 1.86. The fourth-order valence-electron chi connectivity index (χ4n) is 1.00. The lowest BCUT2D eigenvalue weighted by molar-refractivity contribution is 0.425. The number of halogens is 2. The summed E-state index contributed by atoms with van der Waals surface area (Å²) in [5.74, 6) is 0.942. The zero-order valence-electron chi connectivity index (χ0n) is 7.16. The number of hydrogen-bond acceptors (Lipinski definition) is 4. The van der Waals surface area contributed by atoms with Crippen molar-refractivity contribution in [1.29, 1.82) is 0 Å². The van der Waals surface area contributed by atoms with E-state index in [0.717, 1.165) is 0 Å². The zero-order valence-corrected chi connectivity index (χ0v) is 8.67. The predicted octanol–water partition coefficient (Wildman–Crippen LogP) is 2.75. The minimum Gasteiger partial charge on any atom is -0.334 e. The Morgan fingerprint density at radius 1 is 1.14 bits per heavy atom. The molecule has 72 valence electrons. The number of hydrogen-bond donors (Lipinski definition) is 0. The van der Waals surface area contributed by atoms with Gasteiger partial charge in [0.05, 0.1) is 0 Å². The Morgan fingerprint density at radius 3 is 2.29 bits per heavy atom. The van der Waals surface area contributed by atoms with Gasteiger partial charge in [0.25, 0.3) is 5.89 Å². The highest BCUT2D eigenvalue weighted by Gasteiger charge is 2.08. The van der Waals surface area contributed by atoms with Crippen molar-refractivity contribution in [2.45, 2.75) is 6.92 Å². The normalized spacial score (nSPS) is 10.5. The lowest BCUT2D eigenvalue weighted by atomic mass is 10.3. The van der Waals surface area contributed by atoms with Crippen LogP contribution in [0.25, 0.3) is 11.5 Å². The quantitative estimate of drug-likeness (QED) is 0.706. The van der Waals surface area contributed by atoms with Gasteiger partial charge in [0, 0.05) is 5.56 Å². The van der Waals surface area contributed by atoms with Crippen molar-refractivity contribution in [3.05, 3.63) is 28.3 Å². The lowest BCUT2D eigenvalue weighted by Crippen LogP contribution is -1.82. The molecular formula is C8H5Cl2N3O. The first kappa shape index (κ1) is 9.43. The molecule has 0 aliphatic rings. The summed E-state index contributed by atoms with van der Waals surface area (Å²) in [6, 6.07) is 3.22. The second-order valence-electron chi connectivity index (χ2n) is 2.65. The van der Waals surface area contributed by atoms with Crippen molar-refractivity contribution in [1.82, 2.24) is 15.1 Å². The lowest BCUT2D eigenvalue weighted by Gasteiger charge is -1.95. The molecule has 2 aromatic heterocycles. The molecule has 0 aliphatic carbocycles. The summed E-state index contributed by atoms with van der Waals surface area (Å²) in [6.07, 6.45) is 0. The zero-order chi connectivity index (χ0) is 10.1. The van der Waals surface area contributed by atoms with Crippen molar-refractivity contribution in [3.63, 3.8) is 0 Å². The average Bonchev–Trinajstić information content (AvgIpc) is 2.50. The van der Waals surface area contributed by atoms with Crippen LogP contribution in [-0.4, -0.2) is 15.1 Å². The highest BCUT2D eigenvalue weighted by atomic mass is 35.5. The number of nitrogens with zero attached hydrogens (tertiary/aromatic N) is 3. The molecule has 0 unspecified atom stereocenters. The Hall–Kier alpha value is -1.13. The molecule has 0 N–H and O–H groups in total. The van der Waals surface area contributed by atoms with Crippen LogP contribution in [0.2, 0.25) is 10.3 Å². The van der Waals surface area contributed by atoms with Crippen molar-refractivity contribution < 1.29 is 4.52 Å². The van der Waals surface area contributed by atoms with E-state index < -0.39 is 0 Å². The Balaban J connectivity index is 2.51. The molecule has 2 rings (SSSR count). The van der Waals surface area contributed by atoms with Gasteiger partial charge >= 0.3 is 0 Å². The van der Waals surface area contributed by atoms with E-state index in [1.165, 1.54) is 0 Å². The van der Waals surface area contributed by atoms with Crippen molar-refractivity contribution >= 4 is 23.2 Å². The molecule has 0 spiro atoms. The fourth-order valence-corrected chi connectivity index (χ4v) is 1.46. The molecule has 14 heavy (non-hydrogen) atoms. The molecule has 0 atom stereocenters. The number of aryl methyl sites for hydroxylation is 1. The summed E-state index contributed by atoms with van der Waals surface area (Å²) in [6.45, 7) is 1.73. The minimum absolute atomic E-state index is 0.295. The van der Waals surface area contributed by atoms with Crippen molar-refractivity contribution in [2.24, 2.45) is 0 Å². The van der Waals surface area contributed by atoms with Gasteiger partial charge in [-0.25, -0.2) is 4.98 Å². The monoisotopic (exact) mass is 229 g/mol. The van der Waals surface area contributed by atoms with E-state index in [1.807, 2.05) is 0 Å². The van der Waals surface area contributed by atoms with E-state index in [1.54, 1.807) is 19.1 Å². The van der Waals surface area contributed by atoms with Crippen molar-refractivity contribution in [2.75, 3.05) is 0 Å². The molecule has 2 aromatic rings. The molecule has 4 nitrogen and oxygen atoms in total. The molecule has 0 bridgehead atoms. The van der Waals surface area contributed by atoms with Gasteiger partial charge in [0.1, 0.15) is 10.3 Å². The third-order valence-corrected chi connectivity index (χ3v) is 1.92. The molecule has 0 amide bonds. The summed E-state index contributed by atoms with van der Waals surface area (Å²) in [7, 11) is 0. The van der Waals surface area contributed by atoms with Crippen LogP contribution in [0, 0.1) is 6.92 Å². The van der Waals surface area contributed by atoms with Crippen LogP contribution in [0.15, 0.2) is 16.7 Å². The third-order valence-electron chi connectivity index (χ3n) is 1.54. The van der Waals surface area contributed by atoms with Crippen LogP contribution < -0.4 is 0 Å². The Bertz CT molecular complexity index is 449. The maximum Gasteiger partial charge on any atom is 0.258 e. The van der Waals surface area contributed by atoms with Gasteiger partial charge in [-0.05, 0) is 19.1 Å². The summed E-state index contributed by atoms with van der Waals surface area (Å²) >= 11 is 11.4. The molecule has 0 saturated heterocycles. The van der Waals surface area contributed by atoms with Crippen molar-refractivity contribution in [3.8, 4) is 11.5 Å². The van der Waals surface area contributed by atoms with E-state index >= 15 is 0 Å². The molecule has 0 aromatic carbocycles. The second-order valence-corrected chi connectivity index (χ2v) is 3.42. The van der Waals surface area contributed by atoms with Gasteiger partial charge in [-0.1, -0.05) is 28.4 Å². The van der Waals surface area contributed by atoms with E-state index in [-0.39, 0.29) is 0 Å². The van der Waals surface area contributed by atoms with Crippen LogP contribution in [0.3, 0.4) is 0 Å². The molecule has 0 aliphatic heterocycles. The van der Waals surface area contributed by atoms with Crippen LogP contribution in [-0.2, 0) is 0 Å². The molecule has 0 radical (unpaired) electrons. The average molecular weight is 230 g/mol. The van der Waals surface area contributed by atoms with E-state index in [2.05, 4.69) is 15.1 Å². The van der Waals surface area contributed by atoms with Gasteiger partial charge < -0.3 is 4.52 Å². The maximum absolute atomic E-state index is 5.72. The highest BCUT2D eigenvalue weighted by Crippen LogP contribution is 2.23. The first-order chi connectivity index (χ1) is 6.65. The van der Waals surface area contributed by atoms with Gasteiger partial charge in [-0.15, -0.1) is 0 Å². The summed E-state index contributed by atoms with van der Waals surface area (Å²) in [5.41, 5.74) is 0.663.